The van der Waals surface area contributed by atoms with Crippen LogP contribution in [0.15, 0.2) is 54.6 Å². The van der Waals surface area contributed by atoms with E-state index in [2.05, 4.69) is 5.32 Å². The van der Waals surface area contributed by atoms with Gasteiger partial charge in [0.15, 0.2) is 0 Å². The Kier molecular flexibility index (Phi) is 7.28. The zero-order valence-electron chi connectivity index (χ0n) is 20.7. The Morgan fingerprint density at radius 3 is 2.36 bits per heavy atom. The number of rotatable bonds is 7. The molecule has 0 aromatic heterocycles. The summed E-state index contributed by atoms with van der Waals surface area (Å²) in [7, 11) is 0. The quantitative estimate of drug-likeness (QED) is 0.465. The fourth-order valence-electron chi connectivity index (χ4n) is 4.35. The molecule has 2 heterocycles. The van der Waals surface area contributed by atoms with Crippen molar-refractivity contribution >= 4 is 29.7 Å². The van der Waals surface area contributed by atoms with Crippen LogP contribution in [0.1, 0.15) is 44.7 Å². The Hall–Kier alpha value is -3.88. The summed E-state index contributed by atoms with van der Waals surface area (Å²) in [5.74, 6) is -0.798. The Balaban J connectivity index is 1.43. The molecule has 36 heavy (non-hydrogen) atoms. The number of fused-ring (bicyclic) bond motifs is 1. The van der Waals surface area contributed by atoms with Gasteiger partial charge in [-0.25, -0.2) is 19.3 Å². The molecule has 2 saturated heterocycles. The third-order valence-electron chi connectivity index (χ3n) is 6.03. The summed E-state index contributed by atoms with van der Waals surface area (Å²) in [5.41, 5.74) is 1.28. The Morgan fingerprint density at radius 1 is 1.03 bits per heavy atom. The number of urea groups is 1. The molecular formula is C27H31N3O6. The van der Waals surface area contributed by atoms with Crippen molar-refractivity contribution in [2.75, 3.05) is 11.4 Å². The number of alkyl carbamates (subject to hydrolysis) is 1. The van der Waals surface area contributed by atoms with E-state index in [-0.39, 0.29) is 31.0 Å². The number of benzene rings is 2. The summed E-state index contributed by atoms with van der Waals surface area (Å²) in [6, 6.07) is 14.4. The fourth-order valence-corrected chi connectivity index (χ4v) is 4.35. The van der Waals surface area contributed by atoms with E-state index in [1.54, 1.807) is 49.9 Å². The Morgan fingerprint density at radius 2 is 1.72 bits per heavy atom. The third-order valence-corrected chi connectivity index (χ3v) is 6.03. The highest BCUT2D eigenvalue weighted by Gasteiger charge is 2.47. The molecule has 2 fully saturated rings. The summed E-state index contributed by atoms with van der Waals surface area (Å²) in [6.07, 6.45) is 0.928. The standard InChI is InChI=1S/C27H31N3O6/c1-27(2,3)36-24(32)21(28-25(33)35-17-19-8-5-4-6-9-19)16-18-11-13-20(14-12-18)30-23(31)22-10-7-15-29(22)26(30)34/h4-6,8-9,11-14,21-22H,7,10,15-17H2,1-3H3,(H,28,33)/t21-,22-/m0/s1. The molecule has 0 saturated carbocycles. The van der Waals surface area contributed by atoms with Crippen LogP contribution in [0.25, 0.3) is 0 Å². The van der Waals surface area contributed by atoms with Gasteiger partial charge < -0.3 is 19.7 Å². The molecule has 9 heteroatoms. The minimum atomic E-state index is -0.987. The average molecular weight is 494 g/mol. The van der Waals surface area contributed by atoms with Crippen LogP contribution in [0.2, 0.25) is 0 Å². The van der Waals surface area contributed by atoms with Crippen molar-refractivity contribution in [3.05, 3.63) is 65.7 Å². The normalized spacial score (nSPS) is 18.1. The van der Waals surface area contributed by atoms with E-state index in [0.29, 0.717) is 18.7 Å². The van der Waals surface area contributed by atoms with Crippen LogP contribution in [-0.2, 0) is 32.1 Å². The molecule has 0 aliphatic carbocycles. The van der Waals surface area contributed by atoms with Crippen molar-refractivity contribution in [2.45, 2.75) is 64.3 Å². The van der Waals surface area contributed by atoms with E-state index in [1.807, 2.05) is 30.3 Å². The maximum Gasteiger partial charge on any atom is 0.408 e. The van der Waals surface area contributed by atoms with Crippen LogP contribution in [0.5, 0.6) is 0 Å². The molecule has 1 N–H and O–H groups in total. The molecule has 9 nitrogen and oxygen atoms in total. The molecule has 4 rings (SSSR count). The topological polar surface area (TPSA) is 105 Å². The maximum absolute atomic E-state index is 12.9. The number of ether oxygens (including phenoxy) is 2. The van der Waals surface area contributed by atoms with E-state index < -0.39 is 23.7 Å². The monoisotopic (exact) mass is 493 g/mol. The van der Waals surface area contributed by atoms with Crippen molar-refractivity contribution in [1.29, 1.82) is 0 Å². The smallest absolute Gasteiger partial charge is 0.408 e. The van der Waals surface area contributed by atoms with Gasteiger partial charge in [0.1, 0.15) is 24.3 Å². The molecule has 0 radical (unpaired) electrons. The highest BCUT2D eigenvalue weighted by Crippen LogP contribution is 2.31. The molecular weight excluding hydrogens is 462 g/mol. The van der Waals surface area contributed by atoms with Crippen LogP contribution in [0.3, 0.4) is 0 Å². The van der Waals surface area contributed by atoms with E-state index in [9.17, 15) is 19.2 Å². The zero-order chi connectivity index (χ0) is 25.9. The molecule has 0 spiro atoms. The highest BCUT2D eigenvalue weighted by atomic mass is 16.6. The van der Waals surface area contributed by atoms with Crippen LogP contribution in [-0.4, -0.2) is 53.1 Å². The lowest BCUT2D eigenvalue weighted by atomic mass is 10.0. The van der Waals surface area contributed by atoms with Crippen molar-refractivity contribution in [3.63, 3.8) is 0 Å². The first-order valence-corrected chi connectivity index (χ1v) is 12.1. The molecule has 2 aromatic rings. The number of carbonyl (C=O) groups excluding carboxylic acids is 4. The van der Waals surface area contributed by atoms with Gasteiger partial charge in [0.25, 0.3) is 5.91 Å². The predicted molar refractivity (Wildman–Crippen MR) is 132 cm³/mol. The average Bonchev–Trinajstić information content (AvgIpc) is 3.41. The van der Waals surface area contributed by atoms with Crippen LogP contribution in [0.4, 0.5) is 15.3 Å². The number of nitrogens with one attached hydrogen (secondary N) is 1. The summed E-state index contributed by atoms with van der Waals surface area (Å²) in [6.45, 7) is 5.91. The summed E-state index contributed by atoms with van der Waals surface area (Å²) < 4.78 is 10.8. The number of carbonyl (C=O) groups is 4. The summed E-state index contributed by atoms with van der Waals surface area (Å²) in [5, 5.41) is 2.61. The van der Waals surface area contributed by atoms with E-state index in [1.165, 1.54) is 4.90 Å². The molecule has 4 amide bonds. The molecule has 190 valence electrons. The van der Waals surface area contributed by atoms with Crippen LogP contribution >= 0.6 is 0 Å². The SMILES string of the molecule is CC(C)(C)OC(=O)[C@H](Cc1ccc(N2C(=O)[C@@H]3CCCN3C2=O)cc1)NC(=O)OCc1ccccc1. The van der Waals surface area contributed by atoms with E-state index in [4.69, 9.17) is 9.47 Å². The second kappa shape index (κ2) is 10.4. The lowest BCUT2D eigenvalue weighted by Gasteiger charge is -2.24. The van der Waals surface area contributed by atoms with Crippen molar-refractivity contribution in [3.8, 4) is 0 Å². The largest absolute Gasteiger partial charge is 0.458 e. The zero-order valence-corrected chi connectivity index (χ0v) is 20.7. The third kappa shape index (κ3) is 5.84. The van der Waals surface area contributed by atoms with Gasteiger partial charge >= 0.3 is 18.1 Å². The van der Waals surface area contributed by atoms with Crippen molar-refractivity contribution < 1.29 is 28.7 Å². The Labute approximate surface area is 210 Å². The summed E-state index contributed by atoms with van der Waals surface area (Å²) >= 11 is 0. The number of hydrogen-bond acceptors (Lipinski definition) is 6. The van der Waals surface area contributed by atoms with Gasteiger partial charge in [0.2, 0.25) is 0 Å². The number of esters is 1. The molecule has 0 unspecified atom stereocenters. The molecule has 2 aliphatic rings. The van der Waals surface area contributed by atoms with Crippen molar-refractivity contribution in [1.82, 2.24) is 10.2 Å². The van der Waals surface area contributed by atoms with Gasteiger partial charge in [0, 0.05) is 13.0 Å². The first-order valence-electron chi connectivity index (χ1n) is 12.1. The van der Waals surface area contributed by atoms with E-state index in [0.717, 1.165) is 17.5 Å². The number of nitrogens with zero attached hydrogens (tertiary/aromatic N) is 2. The maximum atomic E-state index is 12.9. The second-order valence-electron chi connectivity index (χ2n) is 9.97. The number of hydrogen-bond donors (Lipinski definition) is 1. The molecule has 2 aliphatic heterocycles. The predicted octanol–water partition coefficient (Wildman–Crippen LogP) is 3.80. The van der Waals surface area contributed by atoms with Gasteiger partial charge in [-0.15, -0.1) is 0 Å². The van der Waals surface area contributed by atoms with Gasteiger partial charge in [-0.1, -0.05) is 42.5 Å². The van der Waals surface area contributed by atoms with Gasteiger partial charge in [0.05, 0.1) is 5.69 Å². The van der Waals surface area contributed by atoms with Crippen molar-refractivity contribution in [2.24, 2.45) is 0 Å². The first-order chi connectivity index (χ1) is 17.1. The van der Waals surface area contributed by atoms with E-state index >= 15 is 0 Å². The lowest BCUT2D eigenvalue weighted by molar-refractivity contribution is -0.157. The number of amides is 4. The number of imide groups is 1. The summed E-state index contributed by atoms with van der Waals surface area (Å²) in [4.78, 5) is 53.5. The molecule has 2 aromatic carbocycles. The van der Waals surface area contributed by atoms with Gasteiger partial charge in [-0.05, 0) is 56.9 Å². The number of anilines is 1. The fraction of sp³-hybridized carbons (Fsp3) is 0.407. The Bertz CT molecular complexity index is 1100. The second-order valence-corrected chi connectivity index (χ2v) is 9.97. The lowest BCUT2D eigenvalue weighted by Crippen LogP contribution is -2.45. The van der Waals surface area contributed by atoms with Gasteiger partial charge in [-0.3, -0.25) is 4.79 Å². The molecule has 2 atom stereocenters. The van der Waals surface area contributed by atoms with Crippen LogP contribution < -0.4 is 10.2 Å². The molecule has 0 bridgehead atoms. The highest BCUT2D eigenvalue weighted by molar-refractivity contribution is 6.21. The van der Waals surface area contributed by atoms with Crippen LogP contribution in [0, 0.1) is 0 Å². The minimum absolute atomic E-state index is 0.0678. The van der Waals surface area contributed by atoms with Gasteiger partial charge in [-0.2, -0.15) is 0 Å². The minimum Gasteiger partial charge on any atom is -0.458 e. The first kappa shape index (κ1) is 25.2.